The second-order valence-corrected chi connectivity index (χ2v) is 5.00. The van der Waals surface area contributed by atoms with Gasteiger partial charge in [-0.25, -0.2) is 0 Å². The minimum atomic E-state index is -0.147. The first-order chi connectivity index (χ1) is 6.42. The third-order valence-electron chi connectivity index (χ3n) is 3.30. The summed E-state index contributed by atoms with van der Waals surface area (Å²) in [5.41, 5.74) is -0.0877. The van der Waals surface area contributed by atoms with E-state index in [1.165, 1.54) is 0 Å². The van der Waals surface area contributed by atoms with E-state index in [-0.39, 0.29) is 11.0 Å². The van der Waals surface area contributed by atoms with Crippen LogP contribution in [0.15, 0.2) is 0 Å². The van der Waals surface area contributed by atoms with Crippen molar-refractivity contribution >= 4 is 6.47 Å². The maximum atomic E-state index is 10.4. The fourth-order valence-electron chi connectivity index (χ4n) is 1.71. The number of piperazine rings is 1. The zero-order valence-corrected chi connectivity index (χ0v) is 9.46. The van der Waals surface area contributed by atoms with E-state index in [0.717, 1.165) is 19.6 Å². The Hall–Kier alpha value is -0.610. The normalized spacial score (nSPS) is 30.0. The van der Waals surface area contributed by atoms with E-state index in [1.54, 1.807) is 5.06 Å². The number of nitrogens with zero attached hydrogens (tertiary/aromatic N) is 1. The summed E-state index contributed by atoms with van der Waals surface area (Å²) in [6.07, 6.45) is 0. The molecule has 0 saturated carbocycles. The molecule has 1 N–H and O–H groups in total. The van der Waals surface area contributed by atoms with Crippen LogP contribution in [0.2, 0.25) is 0 Å². The van der Waals surface area contributed by atoms with Crippen LogP contribution in [0.1, 0.15) is 27.7 Å². The number of hydroxylamine groups is 2. The van der Waals surface area contributed by atoms with E-state index in [2.05, 4.69) is 33.0 Å². The quantitative estimate of drug-likeness (QED) is 0.669. The molecule has 0 aliphatic carbocycles. The molecule has 0 unspecified atom stereocenters. The maximum absolute atomic E-state index is 10.4. The number of nitrogens with one attached hydrogen (secondary N) is 1. The summed E-state index contributed by atoms with van der Waals surface area (Å²) < 4.78 is 0. The van der Waals surface area contributed by atoms with Crippen molar-refractivity contribution in [2.45, 2.75) is 33.2 Å². The van der Waals surface area contributed by atoms with Gasteiger partial charge in [0.05, 0.1) is 5.54 Å². The molecule has 14 heavy (non-hydrogen) atoms. The number of carbonyl (C=O) groups excluding carboxylic acids is 1. The van der Waals surface area contributed by atoms with Crippen LogP contribution in [0, 0.1) is 5.41 Å². The van der Waals surface area contributed by atoms with Crippen molar-refractivity contribution in [2.24, 2.45) is 5.41 Å². The van der Waals surface area contributed by atoms with Gasteiger partial charge < -0.3 is 10.2 Å². The van der Waals surface area contributed by atoms with Gasteiger partial charge in [-0.15, -0.1) is 5.06 Å². The zero-order chi connectivity index (χ0) is 10.8. The summed E-state index contributed by atoms with van der Waals surface area (Å²) in [7, 11) is 0. The molecule has 1 heterocycles. The van der Waals surface area contributed by atoms with Crippen LogP contribution in [0.25, 0.3) is 0 Å². The largest absolute Gasteiger partial charge is 0.370 e. The summed E-state index contributed by atoms with van der Waals surface area (Å²) in [5, 5.41) is 5.12. The van der Waals surface area contributed by atoms with Crippen LogP contribution in [-0.4, -0.2) is 36.7 Å². The lowest BCUT2D eigenvalue weighted by Gasteiger charge is -2.50. The molecule has 0 aromatic heterocycles. The van der Waals surface area contributed by atoms with E-state index < -0.39 is 0 Å². The van der Waals surface area contributed by atoms with Crippen molar-refractivity contribution in [3.8, 4) is 0 Å². The molecular weight excluding hydrogens is 180 g/mol. The Balaban J connectivity index is 2.84. The van der Waals surface area contributed by atoms with Crippen molar-refractivity contribution in [1.82, 2.24) is 10.4 Å². The minimum absolute atomic E-state index is 0.0590. The molecule has 1 atom stereocenters. The van der Waals surface area contributed by atoms with Crippen LogP contribution in [0.4, 0.5) is 0 Å². The molecule has 1 saturated heterocycles. The predicted octanol–water partition coefficient (Wildman–Crippen LogP) is 0.784. The molecule has 0 spiro atoms. The maximum Gasteiger partial charge on any atom is 0.313 e. The van der Waals surface area contributed by atoms with Gasteiger partial charge in [-0.2, -0.15) is 0 Å². The van der Waals surface area contributed by atoms with Crippen LogP contribution in [0.3, 0.4) is 0 Å². The second-order valence-electron chi connectivity index (χ2n) is 5.00. The Morgan fingerprint density at radius 3 is 2.64 bits per heavy atom. The molecule has 1 aliphatic heterocycles. The van der Waals surface area contributed by atoms with E-state index in [0.29, 0.717) is 6.47 Å². The van der Waals surface area contributed by atoms with Gasteiger partial charge in [-0.05, 0) is 12.3 Å². The molecule has 1 aliphatic rings. The summed E-state index contributed by atoms with van der Waals surface area (Å²) in [4.78, 5) is 15.4. The lowest BCUT2D eigenvalue weighted by molar-refractivity contribution is -0.230. The molecule has 0 aromatic carbocycles. The van der Waals surface area contributed by atoms with E-state index in [4.69, 9.17) is 4.84 Å². The first-order valence-electron chi connectivity index (χ1n) is 5.00. The Morgan fingerprint density at radius 2 is 2.14 bits per heavy atom. The van der Waals surface area contributed by atoms with Gasteiger partial charge in [0, 0.05) is 19.6 Å². The van der Waals surface area contributed by atoms with Crippen molar-refractivity contribution in [3.63, 3.8) is 0 Å². The average Bonchev–Trinajstić information content (AvgIpc) is 2.07. The van der Waals surface area contributed by atoms with Crippen molar-refractivity contribution < 1.29 is 9.63 Å². The Bertz CT molecular complexity index is 213. The van der Waals surface area contributed by atoms with Gasteiger partial charge in [0.25, 0.3) is 0 Å². The lowest BCUT2D eigenvalue weighted by atomic mass is 9.73. The topological polar surface area (TPSA) is 41.6 Å². The average molecular weight is 200 g/mol. The second kappa shape index (κ2) is 3.87. The Labute approximate surface area is 85.6 Å². The highest BCUT2D eigenvalue weighted by molar-refractivity contribution is 5.36. The Morgan fingerprint density at radius 1 is 1.50 bits per heavy atom. The SMILES string of the molecule is CC(C)(C)[C@@]1(C)CNCCN1OC=O. The highest BCUT2D eigenvalue weighted by Crippen LogP contribution is 2.36. The summed E-state index contributed by atoms with van der Waals surface area (Å²) in [6.45, 7) is 11.5. The summed E-state index contributed by atoms with van der Waals surface area (Å²) >= 11 is 0. The van der Waals surface area contributed by atoms with Crippen molar-refractivity contribution in [1.29, 1.82) is 0 Å². The first-order valence-corrected chi connectivity index (χ1v) is 5.00. The number of rotatable bonds is 2. The smallest absolute Gasteiger partial charge is 0.313 e. The molecule has 0 aromatic rings. The van der Waals surface area contributed by atoms with Gasteiger partial charge in [0.2, 0.25) is 0 Å². The van der Waals surface area contributed by atoms with Crippen molar-refractivity contribution in [2.75, 3.05) is 19.6 Å². The summed E-state index contributed by atoms with van der Waals surface area (Å²) in [6, 6.07) is 0. The van der Waals surface area contributed by atoms with Gasteiger partial charge in [0.1, 0.15) is 0 Å². The van der Waals surface area contributed by atoms with Gasteiger partial charge in [-0.3, -0.25) is 4.79 Å². The van der Waals surface area contributed by atoms with E-state index in [1.807, 2.05) is 0 Å². The fraction of sp³-hybridized carbons (Fsp3) is 0.900. The lowest BCUT2D eigenvalue weighted by Crippen LogP contribution is -2.65. The highest BCUT2D eigenvalue weighted by atomic mass is 16.7. The van der Waals surface area contributed by atoms with Gasteiger partial charge in [-0.1, -0.05) is 20.8 Å². The molecule has 1 rings (SSSR count). The van der Waals surface area contributed by atoms with Crippen LogP contribution < -0.4 is 5.32 Å². The minimum Gasteiger partial charge on any atom is -0.370 e. The van der Waals surface area contributed by atoms with Crippen LogP contribution in [-0.2, 0) is 9.63 Å². The highest BCUT2D eigenvalue weighted by Gasteiger charge is 2.45. The third-order valence-corrected chi connectivity index (χ3v) is 3.30. The predicted molar refractivity (Wildman–Crippen MR) is 54.6 cm³/mol. The monoisotopic (exact) mass is 200 g/mol. The zero-order valence-electron chi connectivity index (χ0n) is 9.46. The van der Waals surface area contributed by atoms with Crippen LogP contribution >= 0.6 is 0 Å². The standard InChI is InChI=1S/C10H20N2O2/c1-9(2,3)10(4)7-11-5-6-12(10)14-8-13/h8,11H,5-7H2,1-4H3/t10-/m1/s1. The number of hydrogen-bond acceptors (Lipinski definition) is 4. The molecule has 0 radical (unpaired) electrons. The molecule has 0 amide bonds. The van der Waals surface area contributed by atoms with Gasteiger partial charge >= 0.3 is 6.47 Å². The molecule has 4 heteroatoms. The molecule has 4 nitrogen and oxygen atoms in total. The third kappa shape index (κ3) is 1.91. The van der Waals surface area contributed by atoms with Gasteiger partial charge in [0.15, 0.2) is 0 Å². The number of hydrogen-bond donors (Lipinski definition) is 1. The molecule has 0 bridgehead atoms. The Kier molecular flexibility index (Phi) is 3.17. The van der Waals surface area contributed by atoms with E-state index >= 15 is 0 Å². The van der Waals surface area contributed by atoms with E-state index in [9.17, 15) is 4.79 Å². The summed E-state index contributed by atoms with van der Waals surface area (Å²) in [5.74, 6) is 0. The molecule has 1 fully saturated rings. The molecule has 82 valence electrons. The van der Waals surface area contributed by atoms with Crippen molar-refractivity contribution in [3.05, 3.63) is 0 Å². The fourth-order valence-corrected chi connectivity index (χ4v) is 1.71. The first kappa shape index (κ1) is 11.5. The van der Waals surface area contributed by atoms with Crippen LogP contribution in [0.5, 0.6) is 0 Å². The molecular formula is C10H20N2O2. The number of carbonyl (C=O) groups is 1.